The number of rotatable bonds is 8. The molecule has 0 radical (unpaired) electrons. The second kappa shape index (κ2) is 8.66. The Morgan fingerprint density at radius 3 is 2.70 bits per heavy atom. The van der Waals surface area contributed by atoms with Gasteiger partial charge in [0.1, 0.15) is 12.4 Å². The second-order valence-electron chi connectivity index (χ2n) is 6.56. The van der Waals surface area contributed by atoms with Gasteiger partial charge < -0.3 is 14.2 Å². The van der Waals surface area contributed by atoms with Gasteiger partial charge in [-0.05, 0) is 57.2 Å². The van der Waals surface area contributed by atoms with Crippen LogP contribution in [0, 0.1) is 5.92 Å². The molecule has 0 amide bonds. The fourth-order valence-electron chi connectivity index (χ4n) is 2.62. The van der Waals surface area contributed by atoms with Gasteiger partial charge in [-0.2, -0.15) is 0 Å². The van der Waals surface area contributed by atoms with Gasteiger partial charge >= 0.3 is 0 Å². The summed E-state index contributed by atoms with van der Waals surface area (Å²) in [5.74, 6) is 3.09. The molecule has 0 N–H and O–H groups in total. The van der Waals surface area contributed by atoms with E-state index in [9.17, 15) is 0 Å². The predicted octanol–water partition coefficient (Wildman–Crippen LogP) is 5.51. The average Bonchev–Trinajstić information content (AvgIpc) is 2.94. The molecule has 0 saturated heterocycles. The van der Waals surface area contributed by atoms with Crippen molar-refractivity contribution in [1.29, 1.82) is 0 Å². The van der Waals surface area contributed by atoms with E-state index in [1.54, 1.807) is 0 Å². The van der Waals surface area contributed by atoms with Gasteiger partial charge in [0.15, 0.2) is 11.5 Å². The van der Waals surface area contributed by atoms with Gasteiger partial charge in [0, 0.05) is 6.07 Å². The highest BCUT2D eigenvalue weighted by Crippen LogP contribution is 2.35. The molecular formula is C20H28O3. The van der Waals surface area contributed by atoms with Crippen LogP contribution in [0.25, 0.3) is 0 Å². The number of hydrogen-bond acceptors (Lipinski definition) is 3. The van der Waals surface area contributed by atoms with Gasteiger partial charge in [-0.1, -0.05) is 31.1 Å². The monoisotopic (exact) mass is 316 g/mol. The summed E-state index contributed by atoms with van der Waals surface area (Å²) in [6.45, 7) is 9.78. The average molecular weight is 316 g/mol. The number of hydrogen-bond donors (Lipinski definition) is 0. The Bertz CT molecular complexity index is 570. The van der Waals surface area contributed by atoms with E-state index in [4.69, 9.17) is 14.2 Å². The molecular weight excluding hydrogens is 288 g/mol. The Hall–Kier alpha value is -1.90. The summed E-state index contributed by atoms with van der Waals surface area (Å²) >= 11 is 0. The molecule has 0 aliphatic carbocycles. The number of benzene rings is 1. The van der Waals surface area contributed by atoms with Crippen molar-refractivity contribution in [2.45, 2.75) is 47.0 Å². The molecule has 1 aliphatic rings. The van der Waals surface area contributed by atoms with Gasteiger partial charge in [-0.25, -0.2) is 0 Å². The maximum absolute atomic E-state index is 5.75. The molecule has 0 aromatic heterocycles. The maximum atomic E-state index is 5.75. The van der Waals surface area contributed by atoms with E-state index in [1.807, 2.05) is 18.2 Å². The molecule has 1 aromatic rings. The van der Waals surface area contributed by atoms with Crippen LogP contribution in [-0.4, -0.2) is 13.4 Å². The molecule has 0 atom stereocenters. The van der Waals surface area contributed by atoms with E-state index >= 15 is 0 Å². The SMILES string of the molecule is CC(=CCOc1ccc2c(c1)OCO2)CCC=C(C)CC(C)C. The Morgan fingerprint density at radius 2 is 1.91 bits per heavy atom. The van der Waals surface area contributed by atoms with Crippen LogP contribution in [-0.2, 0) is 0 Å². The molecule has 1 aliphatic heterocycles. The van der Waals surface area contributed by atoms with Crippen LogP contribution >= 0.6 is 0 Å². The van der Waals surface area contributed by atoms with Crippen LogP contribution in [0.4, 0.5) is 0 Å². The summed E-state index contributed by atoms with van der Waals surface area (Å²) in [4.78, 5) is 0. The summed E-state index contributed by atoms with van der Waals surface area (Å²) in [6, 6.07) is 5.68. The highest BCUT2D eigenvalue weighted by Gasteiger charge is 2.13. The van der Waals surface area contributed by atoms with E-state index < -0.39 is 0 Å². The van der Waals surface area contributed by atoms with Crippen LogP contribution in [0.3, 0.4) is 0 Å². The summed E-state index contributed by atoms with van der Waals surface area (Å²) in [5, 5.41) is 0. The van der Waals surface area contributed by atoms with Crippen LogP contribution in [0.5, 0.6) is 17.2 Å². The number of fused-ring (bicyclic) bond motifs is 1. The first-order chi connectivity index (χ1) is 11.0. The van der Waals surface area contributed by atoms with E-state index in [-0.39, 0.29) is 0 Å². The molecule has 3 nitrogen and oxygen atoms in total. The van der Waals surface area contributed by atoms with Crippen molar-refractivity contribution < 1.29 is 14.2 Å². The van der Waals surface area contributed by atoms with Gasteiger partial charge in [0.05, 0.1) is 0 Å². The highest BCUT2D eigenvalue weighted by atomic mass is 16.7. The minimum atomic E-state index is 0.293. The first-order valence-corrected chi connectivity index (χ1v) is 8.38. The van der Waals surface area contributed by atoms with Crippen molar-refractivity contribution in [3.8, 4) is 17.2 Å². The quantitative estimate of drug-likeness (QED) is 0.592. The van der Waals surface area contributed by atoms with Crippen molar-refractivity contribution in [2.24, 2.45) is 5.92 Å². The molecule has 0 spiro atoms. The third-order valence-corrected chi connectivity index (χ3v) is 3.79. The zero-order valence-electron chi connectivity index (χ0n) is 14.7. The van der Waals surface area contributed by atoms with Gasteiger partial charge in [0.25, 0.3) is 0 Å². The van der Waals surface area contributed by atoms with Crippen LogP contribution in [0.15, 0.2) is 41.5 Å². The summed E-state index contributed by atoms with van der Waals surface area (Å²) in [6.07, 6.45) is 7.88. The molecule has 1 heterocycles. The zero-order valence-corrected chi connectivity index (χ0v) is 14.7. The Kier molecular flexibility index (Phi) is 6.57. The molecule has 3 heteroatoms. The molecule has 0 saturated carbocycles. The lowest BCUT2D eigenvalue weighted by atomic mass is 10.0. The Labute approximate surface area is 139 Å². The van der Waals surface area contributed by atoms with Gasteiger partial charge in [-0.15, -0.1) is 0 Å². The van der Waals surface area contributed by atoms with Crippen LogP contribution < -0.4 is 14.2 Å². The molecule has 1 aromatic carbocycles. The van der Waals surface area contributed by atoms with E-state index in [0.29, 0.717) is 13.4 Å². The van der Waals surface area contributed by atoms with E-state index in [2.05, 4.69) is 39.8 Å². The maximum Gasteiger partial charge on any atom is 0.231 e. The predicted molar refractivity (Wildman–Crippen MR) is 94.3 cm³/mol. The molecule has 126 valence electrons. The molecule has 2 rings (SSSR count). The number of ether oxygens (including phenoxy) is 3. The van der Waals surface area contributed by atoms with Gasteiger partial charge in [-0.3, -0.25) is 0 Å². The number of allylic oxidation sites excluding steroid dienone is 3. The van der Waals surface area contributed by atoms with Crippen molar-refractivity contribution in [3.05, 3.63) is 41.5 Å². The lowest BCUT2D eigenvalue weighted by molar-refractivity contribution is 0.174. The van der Waals surface area contributed by atoms with Gasteiger partial charge in [0.2, 0.25) is 6.79 Å². The lowest BCUT2D eigenvalue weighted by Gasteiger charge is -2.06. The molecule has 0 fully saturated rings. The topological polar surface area (TPSA) is 27.7 Å². The summed E-state index contributed by atoms with van der Waals surface area (Å²) in [5.41, 5.74) is 2.85. The first kappa shape index (κ1) is 17.5. The normalized spacial score (nSPS) is 14.5. The van der Waals surface area contributed by atoms with Crippen LogP contribution in [0.2, 0.25) is 0 Å². The third kappa shape index (κ3) is 6.01. The second-order valence-corrected chi connectivity index (χ2v) is 6.56. The summed E-state index contributed by atoms with van der Waals surface area (Å²) < 4.78 is 16.4. The fraction of sp³-hybridized carbons (Fsp3) is 0.500. The standard InChI is InChI=1S/C20H28O3/c1-15(2)12-17(4)7-5-6-16(3)10-11-21-18-8-9-19-20(13-18)23-14-22-19/h7-10,13,15H,5-6,11-12,14H2,1-4H3. The Morgan fingerprint density at radius 1 is 1.13 bits per heavy atom. The van der Waals surface area contributed by atoms with E-state index in [0.717, 1.165) is 36.0 Å². The van der Waals surface area contributed by atoms with Crippen molar-refractivity contribution in [1.82, 2.24) is 0 Å². The third-order valence-electron chi connectivity index (χ3n) is 3.79. The molecule has 0 bridgehead atoms. The van der Waals surface area contributed by atoms with Crippen LogP contribution in [0.1, 0.15) is 47.0 Å². The molecule has 0 unspecified atom stereocenters. The van der Waals surface area contributed by atoms with E-state index in [1.165, 1.54) is 17.6 Å². The Balaban J connectivity index is 1.72. The van der Waals surface area contributed by atoms with Crippen molar-refractivity contribution in [2.75, 3.05) is 13.4 Å². The minimum Gasteiger partial charge on any atom is -0.489 e. The lowest BCUT2D eigenvalue weighted by Crippen LogP contribution is -1.95. The summed E-state index contributed by atoms with van der Waals surface area (Å²) in [7, 11) is 0. The zero-order chi connectivity index (χ0) is 16.7. The van der Waals surface area contributed by atoms with Crippen molar-refractivity contribution in [3.63, 3.8) is 0 Å². The minimum absolute atomic E-state index is 0.293. The van der Waals surface area contributed by atoms with Crippen molar-refractivity contribution >= 4 is 0 Å². The largest absolute Gasteiger partial charge is 0.489 e. The highest BCUT2D eigenvalue weighted by molar-refractivity contribution is 5.46. The first-order valence-electron chi connectivity index (χ1n) is 8.38. The fourth-order valence-corrected chi connectivity index (χ4v) is 2.62. The molecule has 23 heavy (non-hydrogen) atoms. The smallest absolute Gasteiger partial charge is 0.231 e.